The fraction of sp³-hybridized carbons (Fsp3) is 0.733. The van der Waals surface area contributed by atoms with Gasteiger partial charge in [0.2, 0.25) is 5.95 Å². The van der Waals surface area contributed by atoms with Crippen LogP contribution in [0, 0.1) is 6.92 Å². The average Bonchev–Trinajstić information content (AvgIpc) is 2.88. The minimum atomic E-state index is 0.158. The summed E-state index contributed by atoms with van der Waals surface area (Å²) in [5, 5.41) is 9.31. The van der Waals surface area contributed by atoms with Crippen molar-refractivity contribution in [2.45, 2.75) is 58.4 Å². The third-order valence-corrected chi connectivity index (χ3v) is 3.82. The molecule has 1 heterocycles. The molecule has 0 aliphatic heterocycles. The molecule has 1 aromatic rings. The van der Waals surface area contributed by atoms with Crippen molar-refractivity contribution >= 4 is 5.95 Å². The lowest BCUT2D eigenvalue weighted by atomic mass is 10.1. The van der Waals surface area contributed by atoms with Crippen molar-refractivity contribution in [3.8, 4) is 0 Å². The molecule has 0 aromatic carbocycles. The molecule has 0 atom stereocenters. The lowest BCUT2D eigenvalue weighted by molar-refractivity contribution is 0.296. The van der Waals surface area contributed by atoms with Gasteiger partial charge in [0.25, 0.3) is 0 Å². The summed E-state index contributed by atoms with van der Waals surface area (Å²) in [6, 6.07) is 2.55. The normalized spacial score (nSPS) is 16.3. The molecule has 1 saturated carbocycles. The predicted octanol–water partition coefficient (Wildman–Crippen LogP) is 2.65. The van der Waals surface area contributed by atoms with E-state index in [1.54, 1.807) is 0 Å². The molecule has 0 unspecified atom stereocenters. The lowest BCUT2D eigenvalue weighted by Crippen LogP contribution is -2.37. The number of hydrogen-bond acceptors (Lipinski definition) is 4. The molecular formula is C15H25N3O. The van der Waals surface area contributed by atoms with Crippen LogP contribution in [0.4, 0.5) is 5.95 Å². The lowest BCUT2D eigenvalue weighted by Gasteiger charge is -2.29. The Balaban J connectivity index is 2.29. The van der Waals surface area contributed by atoms with Crippen LogP contribution in [0.25, 0.3) is 0 Å². The minimum Gasteiger partial charge on any atom is -0.395 e. The first-order valence-electron chi connectivity index (χ1n) is 7.35. The van der Waals surface area contributed by atoms with Crippen molar-refractivity contribution in [1.82, 2.24) is 9.97 Å². The summed E-state index contributed by atoms with van der Waals surface area (Å²) in [6.45, 7) is 7.11. The van der Waals surface area contributed by atoms with Gasteiger partial charge in [-0.2, -0.15) is 0 Å². The monoisotopic (exact) mass is 263 g/mol. The second-order valence-corrected chi connectivity index (χ2v) is 5.74. The SMILES string of the molecule is Cc1cc(C(C)C)nc(N(CCO)C2CCCC2)n1. The van der Waals surface area contributed by atoms with E-state index in [1.807, 2.05) is 6.92 Å². The summed E-state index contributed by atoms with van der Waals surface area (Å²) in [5.41, 5.74) is 2.10. The van der Waals surface area contributed by atoms with E-state index in [-0.39, 0.29) is 6.61 Å². The Labute approximate surface area is 115 Å². The van der Waals surface area contributed by atoms with Gasteiger partial charge in [0.1, 0.15) is 0 Å². The molecule has 0 spiro atoms. The van der Waals surface area contributed by atoms with E-state index < -0.39 is 0 Å². The van der Waals surface area contributed by atoms with Crippen molar-refractivity contribution in [1.29, 1.82) is 0 Å². The molecule has 1 N–H and O–H groups in total. The molecular weight excluding hydrogens is 238 g/mol. The largest absolute Gasteiger partial charge is 0.395 e. The third kappa shape index (κ3) is 3.44. The topological polar surface area (TPSA) is 49.2 Å². The molecule has 1 aliphatic rings. The fourth-order valence-electron chi connectivity index (χ4n) is 2.77. The van der Waals surface area contributed by atoms with Crippen LogP contribution in [0.2, 0.25) is 0 Å². The van der Waals surface area contributed by atoms with E-state index in [2.05, 4.69) is 29.8 Å². The highest BCUT2D eigenvalue weighted by Crippen LogP contribution is 2.27. The number of nitrogens with zero attached hydrogens (tertiary/aromatic N) is 3. The zero-order valence-corrected chi connectivity index (χ0v) is 12.3. The fourth-order valence-corrected chi connectivity index (χ4v) is 2.77. The van der Waals surface area contributed by atoms with Gasteiger partial charge in [-0.3, -0.25) is 0 Å². The standard InChI is InChI=1S/C15H25N3O/c1-11(2)14-10-12(3)16-15(17-14)18(8-9-19)13-6-4-5-7-13/h10-11,13,19H,4-9H2,1-3H3. The van der Waals surface area contributed by atoms with Crippen LogP contribution >= 0.6 is 0 Å². The Morgan fingerprint density at radius 2 is 2.00 bits per heavy atom. The predicted molar refractivity (Wildman–Crippen MR) is 77.5 cm³/mol. The first-order chi connectivity index (χ1) is 9.11. The molecule has 0 bridgehead atoms. The van der Waals surface area contributed by atoms with Gasteiger partial charge in [-0.25, -0.2) is 9.97 Å². The van der Waals surface area contributed by atoms with Crippen molar-refractivity contribution in [3.05, 3.63) is 17.5 Å². The number of aliphatic hydroxyl groups excluding tert-OH is 1. The summed E-state index contributed by atoms with van der Waals surface area (Å²) in [6.07, 6.45) is 4.92. The highest BCUT2D eigenvalue weighted by molar-refractivity contribution is 5.35. The summed E-state index contributed by atoms with van der Waals surface area (Å²) >= 11 is 0. The summed E-state index contributed by atoms with van der Waals surface area (Å²) in [7, 11) is 0. The first kappa shape index (κ1) is 14.3. The van der Waals surface area contributed by atoms with E-state index >= 15 is 0 Å². The van der Waals surface area contributed by atoms with Gasteiger partial charge in [-0.15, -0.1) is 0 Å². The van der Waals surface area contributed by atoms with E-state index in [9.17, 15) is 5.11 Å². The van der Waals surface area contributed by atoms with E-state index in [0.29, 0.717) is 18.5 Å². The van der Waals surface area contributed by atoms with E-state index in [1.165, 1.54) is 25.7 Å². The molecule has 1 aromatic heterocycles. The Morgan fingerprint density at radius 3 is 2.58 bits per heavy atom. The van der Waals surface area contributed by atoms with Gasteiger partial charge in [0.15, 0.2) is 0 Å². The average molecular weight is 263 g/mol. The van der Waals surface area contributed by atoms with Crippen molar-refractivity contribution in [2.75, 3.05) is 18.1 Å². The van der Waals surface area contributed by atoms with Crippen LogP contribution in [-0.4, -0.2) is 34.3 Å². The zero-order valence-electron chi connectivity index (χ0n) is 12.3. The third-order valence-electron chi connectivity index (χ3n) is 3.82. The smallest absolute Gasteiger partial charge is 0.226 e. The second-order valence-electron chi connectivity index (χ2n) is 5.74. The number of hydrogen-bond donors (Lipinski definition) is 1. The van der Waals surface area contributed by atoms with Crippen LogP contribution in [-0.2, 0) is 0 Å². The highest BCUT2D eigenvalue weighted by atomic mass is 16.3. The van der Waals surface area contributed by atoms with Gasteiger partial charge in [-0.1, -0.05) is 26.7 Å². The van der Waals surface area contributed by atoms with Crippen molar-refractivity contribution in [3.63, 3.8) is 0 Å². The number of aliphatic hydroxyl groups is 1. The van der Waals surface area contributed by atoms with Crippen LogP contribution in [0.1, 0.15) is 56.8 Å². The van der Waals surface area contributed by atoms with Crippen LogP contribution in [0.15, 0.2) is 6.07 Å². The highest BCUT2D eigenvalue weighted by Gasteiger charge is 2.24. The number of anilines is 1. The molecule has 19 heavy (non-hydrogen) atoms. The molecule has 2 rings (SSSR count). The molecule has 1 aliphatic carbocycles. The molecule has 0 radical (unpaired) electrons. The Morgan fingerprint density at radius 1 is 1.32 bits per heavy atom. The molecule has 0 amide bonds. The number of rotatable bonds is 5. The quantitative estimate of drug-likeness (QED) is 0.887. The van der Waals surface area contributed by atoms with Crippen LogP contribution < -0.4 is 4.90 Å². The maximum Gasteiger partial charge on any atom is 0.226 e. The molecule has 4 heteroatoms. The van der Waals surface area contributed by atoms with Crippen LogP contribution in [0.5, 0.6) is 0 Å². The Kier molecular flexibility index (Phi) is 4.75. The summed E-state index contributed by atoms with van der Waals surface area (Å²) < 4.78 is 0. The zero-order chi connectivity index (χ0) is 13.8. The van der Waals surface area contributed by atoms with Gasteiger partial charge >= 0.3 is 0 Å². The summed E-state index contributed by atoms with van der Waals surface area (Å²) in [4.78, 5) is 11.5. The maximum atomic E-state index is 9.31. The second kappa shape index (κ2) is 6.33. The van der Waals surface area contributed by atoms with Gasteiger partial charge < -0.3 is 10.0 Å². The molecule has 106 valence electrons. The summed E-state index contributed by atoms with van der Waals surface area (Å²) in [5.74, 6) is 1.20. The van der Waals surface area contributed by atoms with Crippen molar-refractivity contribution < 1.29 is 5.11 Å². The van der Waals surface area contributed by atoms with E-state index in [0.717, 1.165) is 17.3 Å². The number of aromatic nitrogens is 2. The Bertz CT molecular complexity index is 414. The maximum absolute atomic E-state index is 9.31. The van der Waals surface area contributed by atoms with Gasteiger partial charge in [0.05, 0.1) is 6.61 Å². The van der Waals surface area contributed by atoms with Gasteiger partial charge in [-0.05, 0) is 31.7 Å². The number of aryl methyl sites for hydroxylation is 1. The first-order valence-corrected chi connectivity index (χ1v) is 7.35. The molecule has 1 fully saturated rings. The minimum absolute atomic E-state index is 0.158. The van der Waals surface area contributed by atoms with Gasteiger partial charge in [0, 0.05) is 24.0 Å². The Hall–Kier alpha value is -1.16. The van der Waals surface area contributed by atoms with Crippen LogP contribution in [0.3, 0.4) is 0 Å². The molecule has 0 saturated heterocycles. The molecule has 4 nitrogen and oxygen atoms in total. The van der Waals surface area contributed by atoms with E-state index in [4.69, 9.17) is 4.98 Å². The van der Waals surface area contributed by atoms with Crippen molar-refractivity contribution in [2.24, 2.45) is 0 Å².